The quantitative estimate of drug-likeness (QED) is 0.258. The van der Waals surface area contributed by atoms with Crippen molar-refractivity contribution in [1.82, 2.24) is 10.0 Å². The van der Waals surface area contributed by atoms with Crippen molar-refractivity contribution in [1.29, 1.82) is 5.26 Å². The minimum atomic E-state index is 0.461. The number of anilines is 1. The van der Waals surface area contributed by atoms with Crippen LogP contribution >= 0.6 is 0 Å². The van der Waals surface area contributed by atoms with Gasteiger partial charge in [0, 0.05) is 50.4 Å². The van der Waals surface area contributed by atoms with Crippen LogP contribution in [0.2, 0.25) is 0 Å². The Balaban J connectivity index is 0.00000142. The molecule has 0 aliphatic carbocycles. The largest absolute Gasteiger partial charge is 0.405 e. The third-order valence-corrected chi connectivity index (χ3v) is 6.77. The van der Waals surface area contributed by atoms with Crippen molar-refractivity contribution in [3.63, 3.8) is 0 Å². The van der Waals surface area contributed by atoms with E-state index in [1.54, 1.807) is 0 Å². The molecule has 2 aromatic carbocycles. The van der Waals surface area contributed by atoms with Gasteiger partial charge >= 0.3 is 0 Å². The maximum atomic E-state index is 9.13. The average molecular weight is 528 g/mol. The van der Waals surface area contributed by atoms with Crippen LogP contribution in [0, 0.1) is 17.2 Å². The maximum Gasteiger partial charge on any atom is 0.0959 e. The Labute approximate surface area is 237 Å². The number of rotatable bonds is 9. The van der Waals surface area contributed by atoms with Gasteiger partial charge in [0.15, 0.2) is 0 Å². The van der Waals surface area contributed by atoms with Crippen molar-refractivity contribution in [3.8, 4) is 6.07 Å². The van der Waals surface area contributed by atoms with Gasteiger partial charge in [0.25, 0.3) is 0 Å². The van der Waals surface area contributed by atoms with Gasteiger partial charge in [-0.2, -0.15) is 5.26 Å². The summed E-state index contributed by atoms with van der Waals surface area (Å²) in [6.45, 7) is 22.2. The van der Waals surface area contributed by atoms with Crippen molar-refractivity contribution in [3.05, 3.63) is 96.8 Å². The van der Waals surface area contributed by atoms with Crippen LogP contribution in [-0.2, 0) is 6.42 Å². The molecule has 39 heavy (non-hydrogen) atoms. The van der Waals surface area contributed by atoms with Gasteiger partial charge in [-0.15, -0.1) is 0 Å². The van der Waals surface area contributed by atoms with E-state index < -0.39 is 0 Å². The van der Waals surface area contributed by atoms with Crippen LogP contribution in [0.3, 0.4) is 0 Å². The van der Waals surface area contributed by atoms with Gasteiger partial charge in [-0.25, -0.2) is 10.0 Å². The summed E-state index contributed by atoms with van der Waals surface area (Å²) in [5.74, 6) is 0.501. The first-order valence-electron chi connectivity index (χ1n) is 13.9. The predicted octanol–water partition coefficient (Wildman–Crippen LogP) is 7.71. The van der Waals surface area contributed by atoms with Gasteiger partial charge in [-0.1, -0.05) is 95.0 Å². The highest BCUT2D eigenvalue weighted by molar-refractivity contribution is 5.97. The summed E-state index contributed by atoms with van der Waals surface area (Å²) in [5.41, 5.74) is 11.1. The van der Waals surface area contributed by atoms with E-state index >= 15 is 0 Å². The van der Waals surface area contributed by atoms with Crippen LogP contribution in [-0.4, -0.2) is 43.7 Å². The highest BCUT2D eigenvalue weighted by Gasteiger charge is 2.21. The molecule has 0 spiro atoms. The van der Waals surface area contributed by atoms with E-state index in [-0.39, 0.29) is 0 Å². The van der Waals surface area contributed by atoms with Gasteiger partial charge in [0.1, 0.15) is 0 Å². The molecule has 5 nitrogen and oxygen atoms in total. The summed E-state index contributed by atoms with van der Waals surface area (Å²) >= 11 is 0. The van der Waals surface area contributed by atoms with E-state index in [2.05, 4.69) is 123 Å². The number of hydrazine groups is 1. The lowest BCUT2D eigenvalue weighted by Gasteiger charge is -2.37. The van der Waals surface area contributed by atoms with Crippen molar-refractivity contribution in [2.45, 2.75) is 47.0 Å². The lowest BCUT2D eigenvalue weighted by atomic mass is 9.94. The standard InChI is InChI=1S/C30H38N4.C2H5N.C2H6/c1-7-9-26-14-12-25-13-15-27(18-29(25)30(26)32-20-22(2)19-31)23(3)10-8-11-24(4)28-16-17-33(5)34(6)21-28;1-2-3;1-2/h8,10-15,18,28,32H,2,4,7,9,16-17,20-21H2,1,3,5-6H3;2H,1,3H2;1-2H3/b11-8-,23-10+;;. The van der Waals surface area contributed by atoms with Gasteiger partial charge < -0.3 is 11.1 Å². The molecule has 0 aromatic heterocycles. The molecule has 2 aromatic rings. The zero-order chi connectivity index (χ0) is 29.4. The molecule has 1 saturated heterocycles. The van der Waals surface area contributed by atoms with Crippen LogP contribution in [0.15, 0.2) is 85.6 Å². The highest BCUT2D eigenvalue weighted by Crippen LogP contribution is 2.31. The normalized spacial score (nSPS) is 15.9. The second kappa shape index (κ2) is 17.8. The summed E-state index contributed by atoms with van der Waals surface area (Å²) in [4.78, 5) is 0. The fourth-order valence-electron chi connectivity index (χ4n) is 4.45. The van der Waals surface area contributed by atoms with Gasteiger partial charge in [-0.05, 0) is 60.0 Å². The Morgan fingerprint density at radius 2 is 1.85 bits per heavy atom. The van der Waals surface area contributed by atoms with E-state index in [0.717, 1.165) is 38.0 Å². The van der Waals surface area contributed by atoms with Gasteiger partial charge in [0.05, 0.1) is 6.07 Å². The number of fused-ring (bicyclic) bond motifs is 1. The molecule has 0 amide bonds. The van der Waals surface area contributed by atoms with Crippen LogP contribution in [0.4, 0.5) is 5.69 Å². The average Bonchev–Trinajstić information content (AvgIpc) is 2.94. The summed E-state index contributed by atoms with van der Waals surface area (Å²) in [6, 6.07) is 13.1. The van der Waals surface area contributed by atoms with Crippen LogP contribution in [0.25, 0.3) is 16.3 Å². The summed E-state index contributed by atoms with van der Waals surface area (Å²) < 4.78 is 0. The monoisotopic (exact) mass is 527 g/mol. The Kier molecular flexibility index (Phi) is 15.3. The number of aryl methyl sites for hydroxylation is 1. The number of allylic oxidation sites excluding steroid dienone is 4. The molecule has 1 aliphatic rings. The van der Waals surface area contributed by atoms with Crippen molar-refractivity contribution in [2.24, 2.45) is 11.7 Å². The molecule has 3 rings (SSSR count). The molecule has 1 unspecified atom stereocenters. The third-order valence-electron chi connectivity index (χ3n) is 6.77. The molecule has 210 valence electrons. The van der Waals surface area contributed by atoms with E-state index in [1.807, 2.05) is 13.8 Å². The number of nitrogens with zero attached hydrogens (tertiary/aromatic N) is 3. The maximum absolute atomic E-state index is 9.13. The fourth-order valence-corrected chi connectivity index (χ4v) is 4.45. The topological polar surface area (TPSA) is 68.3 Å². The number of benzene rings is 2. The highest BCUT2D eigenvalue weighted by atomic mass is 15.6. The fraction of sp³-hybridized carbons (Fsp3) is 0.382. The second-order valence-corrected chi connectivity index (χ2v) is 9.58. The van der Waals surface area contributed by atoms with Crippen LogP contribution in [0.1, 0.15) is 51.7 Å². The van der Waals surface area contributed by atoms with E-state index in [0.29, 0.717) is 18.0 Å². The first kappa shape index (κ1) is 33.4. The minimum Gasteiger partial charge on any atom is -0.405 e. The lowest BCUT2D eigenvalue weighted by molar-refractivity contribution is -0.0180. The second-order valence-electron chi connectivity index (χ2n) is 9.58. The van der Waals surface area contributed by atoms with Crippen LogP contribution in [0.5, 0.6) is 0 Å². The zero-order valence-corrected chi connectivity index (χ0v) is 25.1. The molecule has 0 saturated carbocycles. The Bertz CT molecular complexity index is 1200. The zero-order valence-electron chi connectivity index (χ0n) is 25.1. The number of nitriles is 1. The molecular formula is C34H49N5. The molecule has 5 heteroatoms. The SMILES string of the molecule is C=C(C#N)CNc1c(CCC)ccc2ccc(/C(C)=C/C=C\C(=C)C3CCN(C)N(C)C3)cc12.C=CN.CC. The molecule has 3 N–H and O–H groups in total. The van der Waals surface area contributed by atoms with Crippen molar-refractivity contribution in [2.75, 3.05) is 39.0 Å². The van der Waals surface area contributed by atoms with E-state index in [4.69, 9.17) is 5.26 Å². The Morgan fingerprint density at radius 1 is 1.18 bits per heavy atom. The molecule has 1 heterocycles. The number of hydrogen-bond acceptors (Lipinski definition) is 5. The molecule has 1 fully saturated rings. The third kappa shape index (κ3) is 10.2. The molecule has 1 atom stereocenters. The molecule has 0 radical (unpaired) electrons. The number of hydrogen-bond donors (Lipinski definition) is 2. The Morgan fingerprint density at radius 3 is 2.46 bits per heavy atom. The molecule has 1 aliphatic heterocycles. The van der Waals surface area contributed by atoms with Crippen molar-refractivity contribution < 1.29 is 0 Å². The predicted molar refractivity (Wildman–Crippen MR) is 172 cm³/mol. The lowest BCUT2D eigenvalue weighted by Crippen LogP contribution is -2.45. The molecular weight excluding hydrogens is 478 g/mol. The minimum absolute atomic E-state index is 0.461. The van der Waals surface area contributed by atoms with E-state index in [9.17, 15) is 0 Å². The Hall–Kier alpha value is -3.59. The smallest absolute Gasteiger partial charge is 0.0959 e. The number of nitrogens with two attached hydrogens (primary N) is 1. The van der Waals surface area contributed by atoms with Gasteiger partial charge in [-0.3, -0.25) is 0 Å². The first-order chi connectivity index (χ1) is 18.7. The summed E-state index contributed by atoms with van der Waals surface area (Å²) in [5, 5.41) is 19.5. The summed E-state index contributed by atoms with van der Waals surface area (Å²) in [7, 11) is 4.27. The summed E-state index contributed by atoms with van der Waals surface area (Å²) in [6.07, 6.45) is 10.9. The van der Waals surface area contributed by atoms with E-state index in [1.165, 1.54) is 39.2 Å². The molecule has 0 bridgehead atoms. The first-order valence-corrected chi connectivity index (χ1v) is 13.9. The number of nitrogens with one attached hydrogen (secondary N) is 1. The van der Waals surface area contributed by atoms with Crippen molar-refractivity contribution >= 4 is 22.0 Å². The van der Waals surface area contributed by atoms with Crippen LogP contribution < -0.4 is 11.1 Å². The van der Waals surface area contributed by atoms with Gasteiger partial charge in [0.2, 0.25) is 0 Å².